The molecular weight excluding hydrogens is 304 g/mol. The molecule has 1 saturated heterocycles. The Morgan fingerprint density at radius 2 is 2.12 bits per heavy atom. The van der Waals surface area contributed by atoms with E-state index in [1.54, 1.807) is 32.6 Å². The van der Waals surface area contributed by atoms with E-state index >= 15 is 0 Å². The van der Waals surface area contributed by atoms with E-state index < -0.39 is 0 Å². The van der Waals surface area contributed by atoms with Crippen LogP contribution in [0.5, 0.6) is 5.75 Å². The molecule has 1 aromatic heterocycles. The average Bonchev–Trinajstić information content (AvgIpc) is 2.62. The van der Waals surface area contributed by atoms with Crippen molar-refractivity contribution >= 4 is 5.91 Å². The third-order valence-electron chi connectivity index (χ3n) is 4.37. The topological polar surface area (TPSA) is 58.6 Å². The van der Waals surface area contributed by atoms with Crippen LogP contribution in [0.3, 0.4) is 0 Å². The zero-order valence-electron chi connectivity index (χ0n) is 14.1. The summed E-state index contributed by atoms with van der Waals surface area (Å²) >= 11 is 0. The molecule has 0 N–H and O–H groups in total. The highest BCUT2D eigenvalue weighted by Gasteiger charge is 2.31. The zero-order valence-corrected chi connectivity index (χ0v) is 14.1. The summed E-state index contributed by atoms with van der Waals surface area (Å²) in [6.45, 7) is 4.61. The van der Waals surface area contributed by atoms with E-state index in [1.165, 1.54) is 0 Å². The molecule has 0 saturated carbocycles. The van der Waals surface area contributed by atoms with Gasteiger partial charge in [0.25, 0.3) is 0 Å². The van der Waals surface area contributed by atoms with E-state index in [2.05, 4.69) is 14.9 Å². The largest absolute Gasteiger partial charge is 0.496 e. The van der Waals surface area contributed by atoms with E-state index in [0.29, 0.717) is 6.54 Å². The molecule has 1 aromatic carbocycles. The number of aromatic nitrogens is 2. The van der Waals surface area contributed by atoms with Crippen LogP contribution >= 0.6 is 0 Å². The van der Waals surface area contributed by atoms with Crippen LogP contribution in [0.1, 0.15) is 24.2 Å². The number of para-hydroxylation sites is 1. The van der Waals surface area contributed by atoms with Crippen LogP contribution in [0, 0.1) is 0 Å². The molecule has 6 heteroatoms. The van der Waals surface area contributed by atoms with Gasteiger partial charge < -0.3 is 9.64 Å². The number of methoxy groups -OCH3 is 1. The number of benzene rings is 1. The Balaban J connectivity index is 1.83. The molecule has 0 spiro atoms. The van der Waals surface area contributed by atoms with Crippen LogP contribution in [-0.4, -0.2) is 52.4 Å². The first-order valence-corrected chi connectivity index (χ1v) is 8.06. The standard InChI is InChI=1S/C18H22N4O2/c1-14(23)22-10-9-21(12-15-11-19-7-8-20-15)13-17(22)16-5-3-4-6-18(16)24-2/h3-8,11,17H,9-10,12-13H2,1-2H3/t17-/m1/s1. The maximum Gasteiger partial charge on any atom is 0.220 e. The van der Waals surface area contributed by atoms with Crippen molar-refractivity contribution in [3.05, 3.63) is 54.1 Å². The minimum atomic E-state index is -0.0240. The molecule has 0 radical (unpaired) electrons. The number of amides is 1. The van der Waals surface area contributed by atoms with Crippen LogP contribution in [0.4, 0.5) is 0 Å². The second kappa shape index (κ2) is 7.40. The van der Waals surface area contributed by atoms with Crippen LogP contribution in [0.2, 0.25) is 0 Å². The highest BCUT2D eigenvalue weighted by Crippen LogP contribution is 2.32. The lowest BCUT2D eigenvalue weighted by molar-refractivity contribution is -0.134. The van der Waals surface area contributed by atoms with Crippen LogP contribution in [0.25, 0.3) is 0 Å². The number of hydrogen-bond donors (Lipinski definition) is 0. The average molecular weight is 326 g/mol. The van der Waals surface area contributed by atoms with Crippen LogP contribution in [0.15, 0.2) is 42.9 Å². The van der Waals surface area contributed by atoms with Crippen LogP contribution < -0.4 is 4.74 Å². The predicted octanol–water partition coefficient (Wildman–Crippen LogP) is 1.89. The van der Waals surface area contributed by atoms with Crippen LogP contribution in [-0.2, 0) is 11.3 Å². The lowest BCUT2D eigenvalue weighted by Gasteiger charge is -2.41. The number of nitrogens with zero attached hydrogens (tertiary/aromatic N) is 4. The summed E-state index contributed by atoms with van der Waals surface area (Å²) in [6, 6.07) is 7.88. The Morgan fingerprint density at radius 1 is 1.29 bits per heavy atom. The highest BCUT2D eigenvalue weighted by molar-refractivity contribution is 5.74. The van der Waals surface area contributed by atoms with E-state index in [-0.39, 0.29) is 11.9 Å². The SMILES string of the molecule is COc1ccccc1[C@H]1CN(Cc2cnccn2)CCN1C(C)=O. The molecular formula is C18H22N4O2. The van der Waals surface area contributed by atoms with Gasteiger partial charge in [-0.1, -0.05) is 18.2 Å². The van der Waals surface area contributed by atoms with Crippen molar-refractivity contribution in [1.82, 2.24) is 19.8 Å². The van der Waals surface area contributed by atoms with Gasteiger partial charge >= 0.3 is 0 Å². The smallest absolute Gasteiger partial charge is 0.220 e. The van der Waals surface area contributed by atoms with Crippen molar-refractivity contribution in [3.8, 4) is 5.75 Å². The lowest BCUT2D eigenvalue weighted by Crippen LogP contribution is -2.49. The molecule has 126 valence electrons. The fourth-order valence-corrected chi connectivity index (χ4v) is 3.21. The van der Waals surface area contributed by atoms with E-state index in [9.17, 15) is 4.79 Å². The Bertz CT molecular complexity index is 692. The molecule has 0 bridgehead atoms. The third kappa shape index (κ3) is 3.54. The van der Waals surface area contributed by atoms with Gasteiger partial charge in [-0.25, -0.2) is 0 Å². The summed E-state index contributed by atoms with van der Waals surface area (Å²) in [5.41, 5.74) is 1.98. The molecule has 1 aliphatic heterocycles. The fraction of sp³-hybridized carbons (Fsp3) is 0.389. The molecule has 1 amide bonds. The highest BCUT2D eigenvalue weighted by atomic mass is 16.5. The van der Waals surface area contributed by atoms with Gasteiger partial charge in [0.1, 0.15) is 5.75 Å². The lowest BCUT2D eigenvalue weighted by atomic mass is 10.0. The van der Waals surface area contributed by atoms with Gasteiger partial charge in [0.05, 0.1) is 18.8 Å². The minimum Gasteiger partial charge on any atom is -0.496 e. The van der Waals surface area contributed by atoms with Crippen molar-refractivity contribution in [3.63, 3.8) is 0 Å². The molecule has 6 nitrogen and oxygen atoms in total. The molecule has 1 atom stereocenters. The Labute approximate surface area is 142 Å². The zero-order chi connectivity index (χ0) is 16.9. The first-order valence-electron chi connectivity index (χ1n) is 8.06. The van der Waals surface area contributed by atoms with Gasteiger partial charge in [0.2, 0.25) is 5.91 Å². The van der Waals surface area contributed by atoms with Gasteiger partial charge in [-0.15, -0.1) is 0 Å². The molecule has 0 unspecified atom stereocenters. The van der Waals surface area contributed by atoms with E-state index in [4.69, 9.17) is 4.74 Å². The second-order valence-electron chi connectivity index (χ2n) is 5.90. The summed E-state index contributed by atoms with van der Waals surface area (Å²) < 4.78 is 5.50. The molecule has 2 aromatic rings. The minimum absolute atomic E-state index is 0.0240. The summed E-state index contributed by atoms with van der Waals surface area (Å²) in [6.07, 6.45) is 5.17. The second-order valence-corrected chi connectivity index (χ2v) is 5.90. The van der Waals surface area contributed by atoms with Crippen molar-refractivity contribution < 1.29 is 9.53 Å². The Morgan fingerprint density at radius 3 is 2.83 bits per heavy atom. The molecule has 1 aliphatic rings. The van der Waals surface area contributed by atoms with Gasteiger partial charge in [-0.2, -0.15) is 0 Å². The van der Waals surface area contributed by atoms with E-state index in [0.717, 1.165) is 36.6 Å². The van der Waals surface area contributed by atoms with Crippen molar-refractivity contribution in [1.29, 1.82) is 0 Å². The number of ether oxygens (including phenoxy) is 1. The maximum atomic E-state index is 12.1. The normalized spacial score (nSPS) is 18.4. The van der Waals surface area contributed by atoms with Crippen molar-refractivity contribution in [2.75, 3.05) is 26.7 Å². The first-order chi connectivity index (χ1) is 11.7. The molecule has 24 heavy (non-hydrogen) atoms. The summed E-state index contributed by atoms with van der Waals surface area (Å²) in [5, 5.41) is 0. The number of hydrogen-bond acceptors (Lipinski definition) is 5. The molecule has 0 aliphatic carbocycles. The number of piperazine rings is 1. The maximum absolute atomic E-state index is 12.1. The Kier molecular flexibility index (Phi) is 5.05. The number of carbonyl (C=O) groups is 1. The summed E-state index contributed by atoms with van der Waals surface area (Å²) in [7, 11) is 1.66. The summed E-state index contributed by atoms with van der Waals surface area (Å²) in [5.74, 6) is 0.903. The quantitative estimate of drug-likeness (QED) is 0.859. The number of carbonyl (C=O) groups excluding carboxylic acids is 1. The van der Waals surface area contributed by atoms with Gasteiger partial charge in [-0.05, 0) is 6.07 Å². The first kappa shape index (κ1) is 16.4. The Hall–Kier alpha value is -2.47. The van der Waals surface area contributed by atoms with Crippen molar-refractivity contribution in [2.45, 2.75) is 19.5 Å². The van der Waals surface area contributed by atoms with Gasteiger partial charge in [0.15, 0.2) is 0 Å². The van der Waals surface area contributed by atoms with Crippen molar-refractivity contribution in [2.24, 2.45) is 0 Å². The predicted molar refractivity (Wildman–Crippen MR) is 90.4 cm³/mol. The van der Waals surface area contributed by atoms with E-state index in [1.807, 2.05) is 29.2 Å². The van der Waals surface area contributed by atoms with Gasteiger partial charge in [0, 0.05) is 57.3 Å². The monoisotopic (exact) mass is 326 g/mol. The van der Waals surface area contributed by atoms with Gasteiger partial charge in [-0.3, -0.25) is 19.7 Å². The number of rotatable bonds is 4. The molecule has 2 heterocycles. The fourth-order valence-electron chi connectivity index (χ4n) is 3.21. The third-order valence-corrected chi connectivity index (χ3v) is 4.37. The molecule has 3 rings (SSSR count). The summed E-state index contributed by atoms with van der Waals surface area (Å²) in [4.78, 5) is 24.8. The molecule has 1 fully saturated rings.